The number of rotatable bonds is 2. The van der Waals surface area contributed by atoms with Crippen molar-refractivity contribution in [1.29, 1.82) is 0 Å². The van der Waals surface area contributed by atoms with E-state index < -0.39 is 17.5 Å². The van der Waals surface area contributed by atoms with Crippen LogP contribution < -0.4 is 10.6 Å². The first kappa shape index (κ1) is 13.9. The molecule has 0 bridgehead atoms. The van der Waals surface area contributed by atoms with Crippen LogP contribution in [0.25, 0.3) is 0 Å². The Hall–Kier alpha value is -1.49. The minimum Gasteiger partial charge on any atom is -0.348 e. The molecule has 0 radical (unpaired) electrons. The Balaban J connectivity index is 2.13. The number of amides is 1. The Morgan fingerprint density at radius 3 is 2.79 bits per heavy atom. The molecule has 1 amide bonds. The Morgan fingerprint density at radius 1 is 1.37 bits per heavy atom. The van der Waals surface area contributed by atoms with Gasteiger partial charge in [-0.05, 0) is 37.4 Å². The summed E-state index contributed by atoms with van der Waals surface area (Å²) in [5, 5.41) is 6.00. The number of hydrogen-bond acceptors (Lipinski definition) is 2. The zero-order valence-electron chi connectivity index (χ0n) is 11.1. The van der Waals surface area contributed by atoms with Crippen molar-refractivity contribution in [3.05, 3.63) is 34.9 Å². The first-order valence-corrected chi connectivity index (χ1v) is 6.46. The van der Waals surface area contributed by atoms with Gasteiger partial charge in [0.05, 0.1) is 5.56 Å². The van der Waals surface area contributed by atoms with Crippen molar-refractivity contribution in [2.24, 2.45) is 5.92 Å². The summed E-state index contributed by atoms with van der Waals surface area (Å²) in [6.45, 7) is 5.17. The molecule has 1 saturated heterocycles. The standard InChI is InChI=1S/C14H18F2N2O/c1-8-3-4-17-7-13(8)18-14(19)10-5-9(2)11(15)6-12(10)16/h5-6,8,13,17H,3-4,7H2,1-2H3,(H,18,19). The molecule has 2 unspecified atom stereocenters. The van der Waals surface area contributed by atoms with Crippen LogP contribution >= 0.6 is 0 Å². The number of carbonyl (C=O) groups is 1. The summed E-state index contributed by atoms with van der Waals surface area (Å²) in [6, 6.07) is 1.99. The molecule has 2 N–H and O–H groups in total. The third-order valence-corrected chi connectivity index (χ3v) is 3.64. The number of benzene rings is 1. The molecular formula is C14H18F2N2O. The average Bonchev–Trinajstić information content (AvgIpc) is 2.36. The normalized spacial score (nSPS) is 23.2. The van der Waals surface area contributed by atoms with Gasteiger partial charge >= 0.3 is 0 Å². The first-order chi connectivity index (χ1) is 8.99. The van der Waals surface area contributed by atoms with E-state index in [-0.39, 0.29) is 17.2 Å². The topological polar surface area (TPSA) is 41.1 Å². The summed E-state index contributed by atoms with van der Waals surface area (Å²) in [5.41, 5.74) is 0.165. The summed E-state index contributed by atoms with van der Waals surface area (Å²) in [4.78, 5) is 12.0. The maximum Gasteiger partial charge on any atom is 0.254 e. The van der Waals surface area contributed by atoms with Crippen LogP contribution in [0.15, 0.2) is 12.1 Å². The van der Waals surface area contributed by atoms with E-state index in [0.717, 1.165) is 19.0 Å². The van der Waals surface area contributed by atoms with E-state index in [1.807, 2.05) is 0 Å². The van der Waals surface area contributed by atoms with Gasteiger partial charge in [-0.15, -0.1) is 0 Å². The molecule has 0 aliphatic carbocycles. The molecule has 3 nitrogen and oxygen atoms in total. The third-order valence-electron chi connectivity index (χ3n) is 3.64. The van der Waals surface area contributed by atoms with E-state index in [1.54, 1.807) is 0 Å². The third kappa shape index (κ3) is 3.10. The van der Waals surface area contributed by atoms with E-state index in [4.69, 9.17) is 0 Å². The fourth-order valence-corrected chi connectivity index (χ4v) is 2.26. The summed E-state index contributed by atoms with van der Waals surface area (Å²) >= 11 is 0. The first-order valence-electron chi connectivity index (χ1n) is 6.46. The van der Waals surface area contributed by atoms with Gasteiger partial charge in [-0.1, -0.05) is 6.92 Å². The summed E-state index contributed by atoms with van der Waals surface area (Å²) < 4.78 is 26.8. The molecule has 1 aliphatic heterocycles. The average molecular weight is 268 g/mol. The highest BCUT2D eigenvalue weighted by atomic mass is 19.1. The van der Waals surface area contributed by atoms with Gasteiger partial charge < -0.3 is 10.6 Å². The molecular weight excluding hydrogens is 250 g/mol. The molecule has 0 aromatic heterocycles. The van der Waals surface area contributed by atoms with Gasteiger partial charge in [0.25, 0.3) is 5.91 Å². The van der Waals surface area contributed by atoms with Crippen molar-refractivity contribution < 1.29 is 13.6 Å². The smallest absolute Gasteiger partial charge is 0.254 e. The largest absolute Gasteiger partial charge is 0.348 e. The van der Waals surface area contributed by atoms with Crippen molar-refractivity contribution in [3.63, 3.8) is 0 Å². The number of hydrogen-bond donors (Lipinski definition) is 2. The molecule has 0 saturated carbocycles. The number of piperidine rings is 1. The Labute approximate surface area is 111 Å². The van der Waals surface area contributed by atoms with Crippen molar-refractivity contribution in [2.45, 2.75) is 26.3 Å². The molecule has 2 rings (SSSR count). The number of carbonyl (C=O) groups excluding carboxylic acids is 1. The van der Waals surface area contributed by atoms with Crippen molar-refractivity contribution in [2.75, 3.05) is 13.1 Å². The zero-order chi connectivity index (χ0) is 14.0. The van der Waals surface area contributed by atoms with Crippen LogP contribution in [-0.2, 0) is 0 Å². The fourth-order valence-electron chi connectivity index (χ4n) is 2.26. The van der Waals surface area contributed by atoms with Crippen molar-refractivity contribution in [1.82, 2.24) is 10.6 Å². The van der Waals surface area contributed by atoms with Crippen molar-refractivity contribution >= 4 is 5.91 Å². The van der Waals surface area contributed by atoms with Crippen LogP contribution in [0, 0.1) is 24.5 Å². The summed E-state index contributed by atoms with van der Waals surface area (Å²) in [7, 11) is 0. The molecule has 0 spiro atoms. The summed E-state index contributed by atoms with van der Waals surface area (Å²) in [6.07, 6.45) is 0.968. The van der Waals surface area contributed by atoms with Crippen LogP contribution in [0.5, 0.6) is 0 Å². The Bertz CT molecular complexity index is 491. The van der Waals surface area contributed by atoms with Gasteiger partial charge in [-0.2, -0.15) is 0 Å². The van der Waals surface area contributed by atoms with E-state index in [0.29, 0.717) is 12.5 Å². The lowest BCUT2D eigenvalue weighted by molar-refractivity contribution is 0.0911. The fraction of sp³-hybridized carbons (Fsp3) is 0.500. The minimum atomic E-state index is -0.822. The number of halogens is 2. The van der Waals surface area contributed by atoms with Crippen LogP contribution in [0.3, 0.4) is 0 Å². The SMILES string of the molecule is Cc1cc(C(=O)NC2CNCCC2C)c(F)cc1F. The lowest BCUT2D eigenvalue weighted by Crippen LogP contribution is -2.50. The second-order valence-corrected chi connectivity index (χ2v) is 5.13. The van der Waals surface area contributed by atoms with Gasteiger partial charge in [-0.3, -0.25) is 4.79 Å². The molecule has 1 aliphatic rings. The second kappa shape index (κ2) is 5.65. The maximum atomic E-state index is 13.6. The highest BCUT2D eigenvalue weighted by molar-refractivity contribution is 5.94. The summed E-state index contributed by atoms with van der Waals surface area (Å²) in [5.74, 6) is -1.60. The van der Waals surface area contributed by atoms with Crippen molar-refractivity contribution in [3.8, 4) is 0 Å². The molecule has 104 valence electrons. The predicted octanol–water partition coefficient (Wildman–Crippen LogP) is 2.00. The monoisotopic (exact) mass is 268 g/mol. The van der Waals surface area contributed by atoms with Gasteiger partial charge in [0.2, 0.25) is 0 Å². The zero-order valence-corrected chi connectivity index (χ0v) is 11.1. The second-order valence-electron chi connectivity index (χ2n) is 5.13. The van der Waals surface area contributed by atoms with Crippen LogP contribution in [0.2, 0.25) is 0 Å². The highest BCUT2D eigenvalue weighted by Crippen LogP contribution is 2.16. The molecule has 1 aromatic carbocycles. The Morgan fingerprint density at radius 2 is 2.11 bits per heavy atom. The lowest BCUT2D eigenvalue weighted by atomic mass is 9.94. The molecule has 1 heterocycles. The van der Waals surface area contributed by atoms with E-state index in [2.05, 4.69) is 17.6 Å². The van der Waals surface area contributed by atoms with Gasteiger partial charge in [0, 0.05) is 18.7 Å². The van der Waals surface area contributed by atoms with Crippen LogP contribution in [0.4, 0.5) is 8.78 Å². The van der Waals surface area contributed by atoms with Crippen LogP contribution in [-0.4, -0.2) is 25.0 Å². The molecule has 2 atom stereocenters. The maximum absolute atomic E-state index is 13.6. The predicted molar refractivity (Wildman–Crippen MR) is 69.0 cm³/mol. The van der Waals surface area contributed by atoms with Gasteiger partial charge in [0.15, 0.2) is 0 Å². The van der Waals surface area contributed by atoms with E-state index >= 15 is 0 Å². The number of aryl methyl sites for hydroxylation is 1. The number of nitrogens with one attached hydrogen (secondary N) is 2. The lowest BCUT2D eigenvalue weighted by Gasteiger charge is -2.30. The molecule has 1 aromatic rings. The Kier molecular flexibility index (Phi) is 4.14. The van der Waals surface area contributed by atoms with Crippen LogP contribution in [0.1, 0.15) is 29.3 Å². The minimum absolute atomic E-state index is 0.0222. The van der Waals surface area contributed by atoms with E-state index in [9.17, 15) is 13.6 Å². The van der Waals surface area contributed by atoms with Gasteiger partial charge in [-0.25, -0.2) is 8.78 Å². The van der Waals surface area contributed by atoms with Gasteiger partial charge in [0.1, 0.15) is 11.6 Å². The molecule has 5 heteroatoms. The highest BCUT2D eigenvalue weighted by Gasteiger charge is 2.24. The molecule has 19 heavy (non-hydrogen) atoms. The molecule has 1 fully saturated rings. The van der Waals surface area contributed by atoms with E-state index in [1.165, 1.54) is 13.0 Å². The quantitative estimate of drug-likeness (QED) is 0.861.